The van der Waals surface area contributed by atoms with E-state index in [0.717, 1.165) is 6.42 Å². The molecular formula is C50H32N2. The predicted molar refractivity (Wildman–Crippen MR) is 218 cm³/mol. The van der Waals surface area contributed by atoms with Crippen LogP contribution < -0.4 is 0 Å². The van der Waals surface area contributed by atoms with Gasteiger partial charge in [-0.15, -0.1) is 0 Å². The highest BCUT2D eigenvalue weighted by Crippen LogP contribution is 2.49. The Morgan fingerprint density at radius 2 is 1.19 bits per heavy atom. The SMILES string of the molecule is C1=CC2=Cc3c(n(-c4ccccc4)c4ccc(-c5ccc6c(c5)c5ccccc5n6-c5cc6c7c(cccc7c5)-c5ccccc5-6)cc34)CC2C=C1. The Morgan fingerprint density at radius 1 is 0.481 bits per heavy atom. The lowest BCUT2D eigenvalue weighted by molar-refractivity contribution is 0.726. The van der Waals surface area contributed by atoms with Crippen LogP contribution >= 0.6 is 0 Å². The lowest BCUT2D eigenvalue weighted by Gasteiger charge is -2.23. The third-order valence-electron chi connectivity index (χ3n) is 11.8. The Morgan fingerprint density at radius 3 is 2.06 bits per heavy atom. The molecule has 0 fully saturated rings. The minimum Gasteiger partial charge on any atom is -0.313 e. The average Bonchev–Trinajstić information content (AvgIpc) is 3.83. The standard InChI is InChI=1S/C50H32N2/c1-2-14-36(15-3-1)51-48-24-22-34(28-43(48)44-26-31-11-4-5-12-32(31)29-49(44)51)33-21-23-47-42(27-33)40-18-8-9-20-46(40)52(47)37-25-35-13-10-19-41-38-16-6-7-17-39(38)45(30-37)50(35)41/h1-28,30,32H,29H2. The van der Waals surface area contributed by atoms with Crippen LogP contribution in [0.5, 0.6) is 0 Å². The maximum absolute atomic E-state index is 2.49. The van der Waals surface area contributed by atoms with Crippen LogP contribution in [0.2, 0.25) is 0 Å². The van der Waals surface area contributed by atoms with Crippen LogP contribution in [-0.4, -0.2) is 9.13 Å². The second kappa shape index (κ2) is 10.4. The fourth-order valence-corrected chi connectivity index (χ4v) is 9.46. The van der Waals surface area contributed by atoms with Crippen LogP contribution in [0.4, 0.5) is 0 Å². The van der Waals surface area contributed by atoms with Crippen molar-refractivity contribution in [3.8, 4) is 44.8 Å². The van der Waals surface area contributed by atoms with E-state index in [4.69, 9.17) is 0 Å². The van der Waals surface area contributed by atoms with E-state index in [9.17, 15) is 0 Å². The topological polar surface area (TPSA) is 9.86 Å². The first-order chi connectivity index (χ1) is 25.8. The highest BCUT2D eigenvalue weighted by Gasteiger charge is 2.27. The molecule has 3 aliphatic carbocycles. The Kier molecular flexibility index (Phi) is 5.64. The molecule has 7 aromatic carbocycles. The monoisotopic (exact) mass is 660 g/mol. The number of allylic oxidation sites excluding steroid dienone is 5. The average molecular weight is 661 g/mol. The summed E-state index contributed by atoms with van der Waals surface area (Å²) >= 11 is 0. The van der Waals surface area contributed by atoms with Crippen LogP contribution in [-0.2, 0) is 6.42 Å². The first kappa shape index (κ1) is 28.1. The largest absolute Gasteiger partial charge is 0.313 e. The zero-order chi connectivity index (χ0) is 33.9. The third kappa shape index (κ3) is 3.84. The minimum atomic E-state index is 0.414. The second-order valence-corrected chi connectivity index (χ2v) is 14.5. The lowest BCUT2D eigenvalue weighted by Crippen LogP contribution is -2.14. The molecular weight excluding hydrogens is 629 g/mol. The maximum atomic E-state index is 2.49. The van der Waals surface area contributed by atoms with Gasteiger partial charge in [-0.25, -0.2) is 0 Å². The molecule has 0 saturated carbocycles. The van der Waals surface area contributed by atoms with Crippen molar-refractivity contribution < 1.29 is 0 Å². The van der Waals surface area contributed by atoms with Gasteiger partial charge in [0, 0.05) is 44.7 Å². The summed E-state index contributed by atoms with van der Waals surface area (Å²) in [5.41, 5.74) is 18.0. The van der Waals surface area contributed by atoms with Crippen molar-refractivity contribution in [1.29, 1.82) is 0 Å². The first-order valence-electron chi connectivity index (χ1n) is 18.3. The van der Waals surface area contributed by atoms with Gasteiger partial charge in [-0.3, -0.25) is 0 Å². The summed E-state index contributed by atoms with van der Waals surface area (Å²) < 4.78 is 4.95. The minimum absolute atomic E-state index is 0.414. The van der Waals surface area contributed by atoms with Gasteiger partial charge in [0.2, 0.25) is 0 Å². The fraction of sp³-hybridized carbons (Fsp3) is 0.0400. The number of fused-ring (bicyclic) bond motifs is 10. The second-order valence-electron chi connectivity index (χ2n) is 14.5. The molecule has 0 amide bonds. The summed E-state index contributed by atoms with van der Waals surface area (Å²) in [5, 5.41) is 6.49. The van der Waals surface area contributed by atoms with Crippen LogP contribution in [0.25, 0.3) is 94.3 Å². The smallest absolute Gasteiger partial charge is 0.0541 e. The Balaban J connectivity index is 1.05. The van der Waals surface area contributed by atoms with Crippen LogP contribution in [0.3, 0.4) is 0 Å². The Labute approximate surface area is 301 Å². The molecule has 2 nitrogen and oxygen atoms in total. The summed E-state index contributed by atoms with van der Waals surface area (Å²) in [5.74, 6) is 0.414. The molecule has 0 radical (unpaired) electrons. The van der Waals surface area contributed by atoms with Crippen molar-refractivity contribution in [3.63, 3.8) is 0 Å². The number of para-hydroxylation sites is 2. The van der Waals surface area contributed by atoms with Gasteiger partial charge in [0.15, 0.2) is 0 Å². The van der Waals surface area contributed by atoms with Gasteiger partial charge >= 0.3 is 0 Å². The molecule has 52 heavy (non-hydrogen) atoms. The van der Waals surface area contributed by atoms with Crippen molar-refractivity contribution in [2.24, 2.45) is 5.92 Å². The molecule has 2 heteroatoms. The zero-order valence-electron chi connectivity index (χ0n) is 28.4. The molecule has 242 valence electrons. The summed E-state index contributed by atoms with van der Waals surface area (Å²) in [6.07, 6.45) is 12.4. The third-order valence-corrected chi connectivity index (χ3v) is 11.8. The number of aromatic nitrogens is 2. The molecule has 1 unspecified atom stereocenters. The molecule has 2 heterocycles. The number of hydrogen-bond donors (Lipinski definition) is 0. The van der Waals surface area contributed by atoms with Gasteiger partial charge in [0.1, 0.15) is 0 Å². The van der Waals surface area contributed by atoms with Crippen molar-refractivity contribution >= 4 is 49.6 Å². The number of rotatable bonds is 3. The van der Waals surface area contributed by atoms with Crippen LogP contribution in [0.1, 0.15) is 11.3 Å². The molecule has 1 atom stereocenters. The van der Waals surface area contributed by atoms with E-state index in [-0.39, 0.29) is 0 Å². The molecule has 12 rings (SSSR count). The normalized spacial score (nSPS) is 15.4. The predicted octanol–water partition coefficient (Wildman–Crippen LogP) is 12.9. The lowest BCUT2D eigenvalue weighted by atomic mass is 9.83. The highest BCUT2D eigenvalue weighted by molar-refractivity contribution is 6.17. The van der Waals surface area contributed by atoms with Gasteiger partial charge in [-0.05, 0) is 117 Å². The Hall–Kier alpha value is -6.64. The molecule has 0 N–H and O–H groups in total. The van der Waals surface area contributed by atoms with Crippen molar-refractivity contribution in [3.05, 3.63) is 187 Å². The van der Waals surface area contributed by atoms with E-state index in [0.29, 0.717) is 5.92 Å². The molecule has 0 saturated heterocycles. The van der Waals surface area contributed by atoms with E-state index < -0.39 is 0 Å². The fourth-order valence-electron chi connectivity index (χ4n) is 9.46. The zero-order valence-corrected chi connectivity index (χ0v) is 28.4. The summed E-state index contributed by atoms with van der Waals surface area (Å²) in [4.78, 5) is 0. The number of benzene rings is 7. The number of hydrogen-bond acceptors (Lipinski definition) is 0. The number of nitrogens with zero attached hydrogens (tertiary/aromatic N) is 2. The van der Waals surface area contributed by atoms with E-state index >= 15 is 0 Å². The van der Waals surface area contributed by atoms with Gasteiger partial charge in [-0.2, -0.15) is 0 Å². The molecule has 0 aliphatic heterocycles. The molecule has 9 aromatic rings. The van der Waals surface area contributed by atoms with Crippen molar-refractivity contribution in [2.75, 3.05) is 0 Å². The van der Waals surface area contributed by atoms with Gasteiger partial charge in [-0.1, -0.05) is 115 Å². The quantitative estimate of drug-likeness (QED) is 0.178. The molecule has 0 bridgehead atoms. The molecule has 3 aliphatic rings. The summed E-state index contributed by atoms with van der Waals surface area (Å²) in [7, 11) is 0. The van der Waals surface area contributed by atoms with Gasteiger partial charge in [0.05, 0.1) is 16.6 Å². The van der Waals surface area contributed by atoms with Crippen molar-refractivity contribution in [2.45, 2.75) is 6.42 Å². The van der Waals surface area contributed by atoms with E-state index in [2.05, 4.69) is 185 Å². The van der Waals surface area contributed by atoms with Gasteiger partial charge < -0.3 is 9.13 Å². The van der Waals surface area contributed by atoms with Crippen LogP contribution in [0.15, 0.2) is 175 Å². The van der Waals surface area contributed by atoms with E-state index in [1.165, 1.54) is 105 Å². The van der Waals surface area contributed by atoms with Gasteiger partial charge in [0.25, 0.3) is 0 Å². The maximum Gasteiger partial charge on any atom is 0.0541 e. The Bertz CT molecular complexity index is 3090. The van der Waals surface area contributed by atoms with E-state index in [1.807, 2.05) is 0 Å². The van der Waals surface area contributed by atoms with Crippen molar-refractivity contribution in [1.82, 2.24) is 9.13 Å². The molecule has 2 aromatic heterocycles. The van der Waals surface area contributed by atoms with E-state index in [1.54, 1.807) is 0 Å². The summed E-state index contributed by atoms with van der Waals surface area (Å²) in [6, 6.07) is 54.2. The first-order valence-corrected chi connectivity index (χ1v) is 18.3. The summed E-state index contributed by atoms with van der Waals surface area (Å²) in [6.45, 7) is 0. The van der Waals surface area contributed by atoms with Crippen LogP contribution in [0, 0.1) is 5.92 Å². The molecule has 0 spiro atoms. The highest BCUT2D eigenvalue weighted by atomic mass is 15.0.